The van der Waals surface area contributed by atoms with Crippen LogP contribution in [0.15, 0.2) is 35.7 Å². The first-order chi connectivity index (χ1) is 13.9. The van der Waals surface area contributed by atoms with Gasteiger partial charge in [-0.25, -0.2) is 9.59 Å². The quantitative estimate of drug-likeness (QED) is 0.486. The number of carbonyl (C=O) groups excluding carboxylic acids is 2. The van der Waals surface area contributed by atoms with Gasteiger partial charge in [0.15, 0.2) is 0 Å². The highest BCUT2D eigenvalue weighted by Gasteiger charge is 2.18. The number of piperidine rings is 1. The van der Waals surface area contributed by atoms with Gasteiger partial charge in [-0.3, -0.25) is 10.1 Å². The van der Waals surface area contributed by atoms with Crippen LogP contribution >= 0.6 is 11.3 Å². The number of aromatic carboxylic acids is 1. The zero-order valence-electron chi connectivity index (χ0n) is 15.6. The fourth-order valence-electron chi connectivity index (χ4n) is 2.62. The third-order valence-electron chi connectivity index (χ3n) is 4.06. The van der Waals surface area contributed by atoms with E-state index >= 15 is 0 Å². The highest BCUT2D eigenvalue weighted by Crippen LogP contribution is 2.27. The molecule has 1 fully saturated rings. The van der Waals surface area contributed by atoms with Gasteiger partial charge >= 0.3 is 12.0 Å². The van der Waals surface area contributed by atoms with E-state index in [1.165, 1.54) is 0 Å². The minimum absolute atomic E-state index is 0.0442. The maximum atomic E-state index is 11.2. The van der Waals surface area contributed by atoms with Crippen LogP contribution in [0.25, 0.3) is 0 Å². The standard InChI is InChI=1S/C14H10N2O3S.C6H12N2O/c15-14(19)16-12-11(13(17)18)10(8-20-12)7-6-9-4-2-1-3-5-9;7-6(9)5-2-1-3-8-4-5/h1-5,8H,(H,17,18)(H3,15,16,19);5,8H,1-4H2,(H2,7,9)/t;5-/m.0/s1. The summed E-state index contributed by atoms with van der Waals surface area (Å²) in [5, 5.41) is 16.3. The first-order valence-corrected chi connectivity index (χ1v) is 9.74. The Morgan fingerprint density at radius 3 is 2.41 bits per heavy atom. The molecule has 2 heterocycles. The predicted octanol–water partition coefficient (Wildman–Crippen LogP) is 1.81. The predicted molar refractivity (Wildman–Crippen MR) is 112 cm³/mol. The van der Waals surface area contributed by atoms with E-state index in [1.807, 2.05) is 30.3 Å². The Hall–Kier alpha value is -3.35. The van der Waals surface area contributed by atoms with E-state index in [2.05, 4.69) is 22.5 Å². The monoisotopic (exact) mass is 414 g/mol. The number of nitrogens with two attached hydrogens (primary N) is 2. The molecule has 1 aromatic heterocycles. The van der Waals surface area contributed by atoms with E-state index in [0.717, 1.165) is 42.8 Å². The first kappa shape index (κ1) is 21.9. The van der Waals surface area contributed by atoms with Gasteiger partial charge in [0.25, 0.3) is 0 Å². The number of nitrogens with one attached hydrogen (secondary N) is 2. The fourth-order valence-corrected chi connectivity index (χ4v) is 3.51. The van der Waals surface area contributed by atoms with Crippen LogP contribution in [0.2, 0.25) is 0 Å². The molecule has 0 radical (unpaired) electrons. The van der Waals surface area contributed by atoms with Gasteiger partial charge in [-0.05, 0) is 31.5 Å². The Morgan fingerprint density at radius 1 is 1.17 bits per heavy atom. The van der Waals surface area contributed by atoms with E-state index in [1.54, 1.807) is 5.38 Å². The summed E-state index contributed by atoms with van der Waals surface area (Å²) >= 11 is 1.07. The van der Waals surface area contributed by atoms with Gasteiger partial charge in [-0.1, -0.05) is 30.0 Å². The van der Waals surface area contributed by atoms with Crippen molar-refractivity contribution in [3.8, 4) is 11.8 Å². The van der Waals surface area contributed by atoms with E-state index < -0.39 is 12.0 Å². The summed E-state index contributed by atoms with van der Waals surface area (Å²) in [7, 11) is 0. The number of urea groups is 1. The molecule has 1 aliphatic heterocycles. The molecule has 0 unspecified atom stereocenters. The van der Waals surface area contributed by atoms with Crippen molar-refractivity contribution in [2.75, 3.05) is 18.4 Å². The van der Waals surface area contributed by atoms with Gasteiger partial charge < -0.3 is 21.9 Å². The maximum absolute atomic E-state index is 11.2. The number of anilines is 1. The molecule has 0 aliphatic carbocycles. The topological polar surface area (TPSA) is 148 Å². The van der Waals surface area contributed by atoms with E-state index in [4.69, 9.17) is 11.5 Å². The van der Waals surface area contributed by atoms with Crippen LogP contribution < -0.4 is 22.1 Å². The molecule has 3 amide bonds. The van der Waals surface area contributed by atoms with Crippen LogP contribution in [0.3, 0.4) is 0 Å². The fraction of sp³-hybridized carbons (Fsp3) is 0.250. The lowest BCUT2D eigenvalue weighted by molar-refractivity contribution is -0.122. The minimum atomic E-state index is -1.16. The van der Waals surface area contributed by atoms with Gasteiger partial charge in [-0.15, -0.1) is 11.3 Å². The number of rotatable bonds is 3. The Balaban J connectivity index is 0.000000278. The van der Waals surface area contributed by atoms with Gasteiger partial charge in [0.1, 0.15) is 10.6 Å². The van der Waals surface area contributed by atoms with E-state index in [-0.39, 0.29) is 22.4 Å². The van der Waals surface area contributed by atoms with Gasteiger partial charge in [0.05, 0.1) is 11.5 Å². The average Bonchev–Trinajstić information content (AvgIpc) is 3.10. The van der Waals surface area contributed by atoms with Crippen LogP contribution in [-0.2, 0) is 4.79 Å². The maximum Gasteiger partial charge on any atom is 0.340 e. The van der Waals surface area contributed by atoms with Crippen LogP contribution in [-0.4, -0.2) is 36.1 Å². The number of carboxylic acid groups (broad SMARTS) is 1. The van der Waals surface area contributed by atoms with Crippen molar-refractivity contribution in [3.05, 3.63) is 52.4 Å². The Labute approximate surface area is 172 Å². The zero-order valence-corrected chi connectivity index (χ0v) is 16.4. The molecular formula is C20H22N4O4S. The van der Waals surface area contributed by atoms with Crippen LogP contribution in [0.4, 0.5) is 9.80 Å². The Morgan fingerprint density at radius 2 is 1.90 bits per heavy atom. The second-order valence-electron chi connectivity index (χ2n) is 6.21. The molecule has 7 N–H and O–H groups in total. The summed E-state index contributed by atoms with van der Waals surface area (Å²) in [6.45, 7) is 1.80. The zero-order chi connectivity index (χ0) is 21.2. The largest absolute Gasteiger partial charge is 0.478 e. The molecule has 0 bridgehead atoms. The van der Waals surface area contributed by atoms with Gasteiger partial charge in [0, 0.05) is 17.5 Å². The van der Waals surface area contributed by atoms with Crippen molar-refractivity contribution in [3.63, 3.8) is 0 Å². The smallest absolute Gasteiger partial charge is 0.340 e. The van der Waals surface area contributed by atoms with Crippen LogP contribution in [0, 0.1) is 17.8 Å². The summed E-state index contributed by atoms with van der Waals surface area (Å²) in [5.41, 5.74) is 11.2. The number of amides is 3. The molecule has 1 saturated heterocycles. The molecule has 1 aromatic carbocycles. The molecule has 2 aromatic rings. The summed E-state index contributed by atoms with van der Waals surface area (Å²) in [5.74, 6) is 4.42. The van der Waals surface area contributed by atoms with Crippen molar-refractivity contribution >= 4 is 34.2 Å². The minimum Gasteiger partial charge on any atom is -0.478 e. The van der Waals surface area contributed by atoms with E-state index in [0.29, 0.717) is 5.56 Å². The highest BCUT2D eigenvalue weighted by atomic mass is 32.1. The molecule has 152 valence electrons. The molecule has 0 saturated carbocycles. The Kier molecular flexibility index (Phi) is 8.21. The molecule has 1 atom stereocenters. The van der Waals surface area contributed by atoms with Crippen molar-refractivity contribution in [2.45, 2.75) is 12.8 Å². The van der Waals surface area contributed by atoms with Gasteiger partial charge in [-0.2, -0.15) is 0 Å². The SMILES string of the molecule is NC(=O)Nc1scc(C#Cc2ccccc2)c1C(=O)O.NC(=O)[C@H]1CCCNC1. The number of thiophene rings is 1. The second-order valence-corrected chi connectivity index (χ2v) is 7.09. The number of carboxylic acids is 1. The lowest BCUT2D eigenvalue weighted by Crippen LogP contribution is -2.37. The molecule has 29 heavy (non-hydrogen) atoms. The van der Waals surface area contributed by atoms with Crippen molar-refractivity contribution in [1.29, 1.82) is 0 Å². The molecule has 1 aliphatic rings. The molecule has 9 heteroatoms. The molecule has 0 spiro atoms. The third-order valence-corrected chi connectivity index (χ3v) is 4.95. The number of benzene rings is 1. The number of hydrogen-bond donors (Lipinski definition) is 5. The summed E-state index contributed by atoms with van der Waals surface area (Å²) in [6, 6.07) is 8.39. The molecular weight excluding hydrogens is 392 g/mol. The first-order valence-electron chi connectivity index (χ1n) is 8.86. The third kappa shape index (κ3) is 6.95. The summed E-state index contributed by atoms with van der Waals surface area (Å²) in [4.78, 5) is 32.6. The number of hydrogen-bond acceptors (Lipinski definition) is 5. The molecule has 3 rings (SSSR count). The molecule has 8 nitrogen and oxygen atoms in total. The van der Waals surface area contributed by atoms with Crippen molar-refractivity contribution in [2.24, 2.45) is 17.4 Å². The van der Waals surface area contributed by atoms with Crippen molar-refractivity contribution in [1.82, 2.24) is 5.32 Å². The van der Waals surface area contributed by atoms with Gasteiger partial charge in [0.2, 0.25) is 5.91 Å². The second kappa shape index (κ2) is 10.8. The van der Waals surface area contributed by atoms with Crippen LogP contribution in [0.1, 0.15) is 34.3 Å². The normalized spacial score (nSPS) is 15.1. The summed E-state index contributed by atoms with van der Waals surface area (Å²) < 4.78 is 0. The lowest BCUT2D eigenvalue weighted by atomic mass is 9.99. The van der Waals surface area contributed by atoms with E-state index in [9.17, 15) is 19.5 Å². The Bertz CT molecular complexity index is 925. The van der Waals surface area contributed by atoms with Crippen LogP contribution in [0.5, 0.6) is 0 Å². The van der Waals surface area contributed by atoms with Crippen molar-refractivity contribution < 1.29 is 19.5 Å². The number of carbonyl (C=O) groups is 3. The highest BCUT2D eigenvalue weighted by molar-refractivity contribution is 7.15. The number of primary amides is 2. The lowest BCUT2D eigenvalue weighted by Gasteiger charge is -2.18. The summed E-state index contributed by atoms with van der Waals surface area (Å²) in [6.07, 6.45) is 2.04. The average molecular weight is 414 g/mol.